The molecule has 0 bridgehead atoms. The van der Waals surface area contributed by atoms with Gasteiger partial charge in [0.25, 0.3) is 5.91 Å². The smallest absolute Gasteiger partial charge is 0.251 e. The average molecular weight is 506 g/mol. The Kier molecular flexibility index (Phi) is 15.7. The minimum atomic E-state index is -0.911. The summed E-state index contributed by atoms with van der Waals surface area (Å²) < 4.78 is 0. The fourth-order valence-electron chi connectivity index (χ4n) is 3.68. The average Bonchev–Trinajstić information content (AvgIpc) is 2.87. The molecule has 0 aromatic heterocycles. The van der Waals surface area contributed by atoms with Crippen molar-refractivity contribution in [2.24, 2.45) is 22.9 Å². The van der Waals surface area contributed by atoms with Crippen LogP contribution >= 0.6 is 0 Å². The number of hydrogen-bond acceptors (Lipinski definition) is 7. The summed E-state index contributed by atoms with van der Waals surface area (Å²) in [4.78, 5) is 50.8. The molecule has 4 amide bonds. The van der Waals surface area contributed by atoms with Gasteiger partial charge in [0.1, 0.15) is 18.1 Å². The fraction of sp³-hybridized carbons (Fsp3) is 0.600. The van der Waals surface area contributed by atoms with Gasteiger partial charge in [-0.15, -0.1) is 0 Å². The number of nitrogens with one attached hydrogen (secondary N) is 3. The topological polar surface area (TPSA) is 208 Å². The molecule has 1 aromatic rings. The van der Waals surface area contributed by atoms with E-state index in [9.17, 15) is 19.2 Å². The standard InChI is InChI=1S/C25H43N7O4/c26-15-7-4-12-19(22(29)33)30-24(35)21(14-6-9-17-28)32-25(36)20(13-5-8-16-27)31-23(34)18-10-2-1-3-11-18/h1-3,10-11,19-21H,4-9,12-17,26-28H2,(H2,29,33)(H,30,35)(H,31,34)(H,32,36)/t19-,20-,21-/m0/s1. The molecule has 0 heterocycles. The summed E-state index contributed by atoms with van der Waals surface area (Å²) in [6.07, 6.45) is 4.94. The molecule has 11 N–H and O–H groups in total. The van der Waals surface area contributed by atoms with Gasteiger partial charge >= 0.3 is 0 Å². The monoisotopic (exact) mass is 505 g/mol. The summed E-state index contributed by atoms with van der Waals surface area (Å²) in [6.45, 7) is 1.38. The quantitative estimate of drug-likeness (QED) is 0.124. The third-order valence-electron chi connectivity index (χ3n) is 5.79. The van der Waals surface area contributed by atoms with Crippen LogP contribution in [0.1, 0.15) is 68.1 Å². The van der Waals surface area contributed by atoms with Crippen LogP contribution in [0.5, 0.6) is 0 Å². The van der Waals surface area contributed by atoms with E-state index in [0.717, 1.165) is 0 Å². The highest BCUT2D eigenvalue weighted by Gasteiger charge is 2.28. The zero-order valence-electron chi connectivity index (χ0n) is 21.0. The van der Waals surface area contributed by atoms with Crippen LogP contribution in [0.15, 0.2) is 30.3 Å². The van der Waals surface area contributed by atoms with Gasteiger partial charge in [-0.3, -0.25) is 19.2 Å². The lowest BCUT2D eigenvalue weighted by Crippen LogP contribution is -2.56. The van der Waals surface area contributed by atoms with Gasteiger partial charge in [-0.25, -0.2) is 0 Å². The molecule has 0 fully saturated rings. The van der Waals surface area contributed by atoms with Crippen molar-refractivity contribution in [3.05, 3.63) is 35.9 Å². The van der Waals surface area contributed by atoms with Crippen LogP contribution in [-0.2, 0) is 14.4 Å². The van der Waals surface area contributed by atoms with Crippen LogP contribution in [0.4, 0.5) is 0 Å². The molecule has 1 rings (SSSR count). The van der Waals surface area contributed by atoms with Gasteiger partial charge in [-0.05, 0) is 89.6 Å². The molecule has 0 aliphatic rings. The lowest BCUT2D eigenvalue weighted by molar-refractivity contribution is -0.132. The highest BCUT2D eigenvalue weighted by atomic mass is 16.2. The predicted molar refractivity (Wildman–Crippen MR) is 139 cm³/mol. The molecule has 0 unspecified atom stereocenters. The van der Waals surface area contributed by atoms with Crippen LogP contribution in [0.3, 0.4) is 0 Å². The lowest BCUT2D eigenvalue weighted by Gasteiger charge is -2.25. The summed E-state index contributed by atoms with van der Waals surface area (Å²) in [7, 11) is 0. The fourth-order valence-corrected chi connectivity index (χ4v) is 3.68. The molecule has 11 heteroatoms. The van der Waals surface area contributed by atoms with E-state index >= 15 is 0 Å². The maximum Gasteiger partial charge on any atom is 0.251 e. The van der Waals surface area contributed by atoms with E-state index in [2.05, 4.69) is 16.0 Å². The van der Waals surface area contributed by atoms with E-state index in [1.54, 1.807) is 30.3 Å². The molecule has 0 aliphatic heterocycles. The number of primary amides is 1. The van der Waals surface area contributed by atoms with Crippen LogP contribution < -0.4 is 38.9 Å². The number of rotatable bonds is 19. The van der Waals surface area contributed by atoms with E-state index in [-0.39, 0.29) is 5.91 Å². The molecule has 0 saturated carbocycles. The molecule has 0 saturated heterocycles. The van der Waals surface area contributed by atoms with Crippen LogP contribution in [-0.4, -0.2) is 61.4 Å². The number of nitrogens with two attached hydrogens (primary N) is 4. The summed E-state index contributed by atoms with van der Waals surface area (Å²) >= 11 is 0. The first-order chi connectivity index (χ1) is 17.3. The van der Waals surface area contributed by atoms with Crippen molar-refractivity contribution in [1.29, 1.82) is 0 Å². The molecular formula is C25H43N7O4. The molecule has 202 valence electrons. The maximum absolute atomic E-state index is 13.2. The normalized spacial score (nSPS) is 13.3. The maximum atomic E-state index is 13.2. The van der Waals surface area contributed by atoms with E-state index in [1.165, 1.54) is 0 Å². The molecule has 0 radical (unpaired) electrons. The van der Waals surface area contributed by atoms with Crippen LogP contribution in [0.25, 0.3) is 0 Å². The van der Waals surface area contributed by atoms with Gasteiger partial charge in [0.2, 0.25) is 17.7 Å². The summed E-state index contributed by atoms with van der Waals surface area (Å²) in [5.74, 6) is -2.03. The Morgan fingerprint density at radius 1 is 0.611 bits per heavy atom. The van der Waals surface area contributed by atoms with E-state index in [4.69, 9.17) is 22.9 Å². The van der Waals surface area contributed by atoms with Gasteiger partial charge in [0.15, 0.2) is 0 Å². The van der Waals surface area contributed by atoms with Crippen molar-refractivity contribution in [2.75, 3.05) is 19.6 Å². The van der Waals surface area contributed by atoms with Crippen LogP contribution in [0.2, 0.25) is 0 Å². The Morgan fingerprint density at radius 3 is 1.47 bits per heavy atom. The third kappa shape index (κ3) is 12.1. The SMILES string of the molecule is NCCCC[C@H](NC(=O)[C@H](CCCCN)NC(=O)[C@H](CCCCN)NC(=O)c1ccccc1)C(N)=O. The Hall–Kier alpha value is -3.02. The van der Waals surface area contributed by atoms with E-state index in [1.807, 2.05) is 0 Å². The molecule has 3 atom stereocenters. The summed E-state index contributed by atoms with van der Waals surface area (Å²) in [5, 5.41) is 8.19. The van der Waals surface area contributed by atoms with Crippen molar-refractivity contribution in [3.8, 4) is 0 Å². The molecule has 0 spiro atoms. The second-order valence-corrected chi connectivity index (χ2v) is 8.77. The number of amides is 4. The van der Waals surface area contributed by atoms with Crippen molar-refractivity contribution in [1.82, 2.24) is 16.0 Å². The first kappa shape index (κ1) is 31.0. The largest absolute Gasteiger partial charge is 0.368 e. The number of hydrogen-bond donors (Lipinski definition) is 7. The zero-order chi connectivity index (χ0) is 26.8. The van der Waals surface area contributed by atoms with Crippen molar-refractivity contribution in [2.45, 2.75) is 75.9 Å². The Labute approximate surface area is 213 Å². The Morgan fingerprint density at radius 2 is 1.03 bits per heavy atom. The number of carbonyl (C=O) groups excluding carboxylic acids is 4. The Balaban J connectivity index is 2.96. The van der Waals surface area contributed by atoms with Crippen molar-refractivity contribution >= 4 is 23.6 Å². The Bertz CT molecular complexity index is 807. The van der Waals surface area contributed by atoms with Gasteiger partial charge in [0, 0.05) is 5.56 Å². The lowest BCUT2D eigenvalue weighted by atomic mass is 10.0. The molecular weight excluding hydrogens is 462 g/mol. The number of carbonyl (C=O) groups is 4. The van der Waals surface area contributed by atoms with Gasteiger partial charge < -0.3 is 38.9 Å². The minimum absolute atomic E-state index is 0.325. The molecule has 1 aromatic carbocycles. The summed E-state index contributed by atoms with van der Waals surface area (Å²) in [6, 6.07) is 5.94. The van der Waals surface area contributed by atoms with Gasteiger partial charge in [-0.2, -0.15) is 0 Å². The minimum Gasteiger partial charge on any atom is -0.368 e. The van der Waals surface area contributed by atoms with Crippen molar-refractivity contribution < 1.29 is 19.2 Å². The number of benzene rings is 1. The predicted octanol–water partition coefficient (Wildman–Crippen LogP) is -0.373. The third-order valence-corrected chi connectivity index (χ3v) is 5.79. The molecule has 0 aliphatic carbocycles. The van der Waals surface area contributed by atoms with Crippen molar-refractivity contribution in [3.63, 3.8) is 0 Å². The highest BCUT2D eigenvalue weighted by Crippen LogP contribution is 2.08. The highest BCUT2D eigenvalue weighted by molar-refractivity contribution is 5.98. The van der Waals surface area contributed by atoms with E-state index < -0.39 is 35.8 Å². The second kappa shape index (κ2) is 18.3. The summed E-state index contributed by atoms with van der Waals surface area (Å²) in [5.41, 5.74) is 22.6. The second-order valence-electron chi connectivity index (χ2n) is 8.77. The number of unbranched alkanes of at least 4 members (excludes halogenated alkanes) is 3. The van der Waals surface area contributed by atoms with E-state index in [0.29, 0.717) is 83.0 Å². The first-order valence-electron chi connectivity index (χ1n) is 12.7. The molecule has 11 nitrogen and oxygen atoms in total. The van der Waals surface area contributed by atoms with Crippen LogP contribution in [0, 0.1) is 0 Å². The van der Waals surface area contributed by atoms with Gasteiger partial charge in [0.05, 0.1) is 0 Å². The first-order valence-corrected chi connectivity index (χ1v) is 12.7. The van der Waals surface area contributed by atoms with Gasteiger partial charge in [-0.1, -0.05) is 18.2 Å². The molecule has 36 heavy (non-hydrogen) atoms. The zero-order valence-corrected chi connectivity index (χ0v) is 21.0.